The number of fused-ring (bicyclic) bond motifs is 5. The van der Waals surface area contributed by atoms with Crippen molar-refractivity contribution in [3.8, 4) is 0 Å². The zero-order valence-corrected chi connectivity index (χ0v) is 22.3. The van der Waals surface area contributed by atoms with Gasteiger partial charge >= 0.3 is 0 Å². The molecule has 0 aromatic carbocycles. The summed E-state index contributed by atoms with van der Waals surface area (Å²) in [7, 11) is 0. The van der Waals surface area contributed by atoms with E-state index in [2.05, 4.69) is 47.1 Å². The van der Waals surface area contributed by atoms with E-state index in [1.54, 1.807) is 0 Å². The molecule has 0 amide bonds. The quantitative estimate of drug-likeness (QED) is 0.287. The fourth-order valence-corrected chi connectivity index (χ4v) is 8.50. The molecule has 0 N–H and O–H groups in total. The second-order valence-corrected chi connectivity index (χ2v) is 11.8. The Morgan fingerprint density at radius 1 is 1.04 bits per heavy atom. The molecule has 1 heteroatoms. The van der Waals surface area contributed by atoms with Gasteiger partial charge in [0.15, 0.2) is 0 Å². The van der Waals surface area contributed by atoms with E-state index in [9.17, 15) is 0 Å². The smallest absolute Gasteiger partial charge is 0 e. The van der Waals surface area contributed by atoms with E-state index >= 15 is 0 Å². The average molecular weight is 459 g/mol. The van der Waals surface area contributed by atoms with E-state index in [1.807, 2.05) is 5.57 Å². The third-order valence-corrected chi connectivity index (χ3v) is 10.1. The molecule has 4 aliphatic carbocycles. The molecule has 4 rings (SSSR count). The Hall–Kier alpha value is 0.844. The summed E-state index contributed by atoms with van der Waals surface area (Å²) < 4.78 is 0. The van der Waals surface area contributed by atoms with Crippen molar-refractivity contribution in [3.63, 3.8) is 0 Å². The summed E-state index contributed by atoms with van der Waals surface area (Å²) in [5.41, 5.74) is 3.00. The topological polar surface area (TPSA) is 0 Å². The van der Waals surface area contributed by atoms with Gasteiger partial charge in [0.2, 0.25) is 0 Å². The molecule has 0 aliphatic heterocycles. The van der Waals surface area contributed by atoms with Gasteiger partial charge in [-0.15, -0.1) is 0 Å². The summed E-state index contributed by atoms with van der Waals surface area (Å²) >= 11 is 0. The summed E-state index contributed by atoms with van der Waals surface area (Å²) in [5.74, 6) is 5.78. The first-order valence-corrected chi connectivity index (χ1v) is 12.4. The summed E-state index contributed by atoms with van der Waals surface area (Å²) in [4.78, 5) is 0. The predicted molar refractivity (Wildman–Crippen MR) is 117 cm³/mol. The molecule has 0 unspecified atom stereocenters. The van der Waals surface area contributed by atoms with Crippen LogP contribution in [0.1, 0.15) is 105 Å². The molecule has 7 atom stereocenters. The first kappa shape index (κ1) is 23.5. The van der Waals surface area contributed by atoms with Crippen molar-refractivity contribution in [3.05, 3.63) is 18.1 Å². The second kappa shape index (κ2) is 9.14. The Kier molecular flexibility index (Phi) is 7.68. The van der Waals surface area contributed by atoms with Crippen LogP contribution < -0.4 is 0 Å². The molecule has 1 radical (unpaired) electrons. The van der Waals surface area contributed by atoms with Crippen LogP contribution in [0.5, 0.6) is 0 Å². The van der Waals surface area contributed by atoms with E-state index in [0.29, 0.717) is 10.8 Å². The standard InChI is InChI=1S/C27H45.Y/c1-19(2)9-8-10-20(3)23-14-15-24-22-13-12-21-11-6-7-17-26(21,4)25(22)16-18-27(23,24)5;/h6,12,19-20,22-25H,7-11,13-18H2,1-5H3;/q-1;/t20-,22+,23-,24+,25+,26+,27-;/m1./s1. The molecule has 157 valence electrons. The second-order valence-electron chi connectivity index (χ2n) is 11.8. The maximum Gasteiger partial charge on any atom is 0 e. The van der Waals surface area contributed by atoms with Crippen molar-refractivity contribution < 1.29 is 32.7 Å². The molecular weight excluding hydrogens is 413 g/mol. The average Bonchev–Trinajstić information content (AvgIpc) is 2.98. The predicted octanol–water partition coefficient (Wildman–Crippen LogP) is 8.23. The van der Waals surface area contributed by atoms with Gasteiger partial charge in [-0.1, -0.05) is 72.0 Å². The van der Waals surface area contributed by atoms with Crippen molar-refractivity contribution in [2.24, 2.45) is 46.3 Å². The van der Waals surface area contributed by atoms with E-state index in [0.717, 1.165) is 35.5 Å². The molecule has 0 bridgehead atoms. The summed E-state index contributed by atoms with van der Waals surface area (Å²) in [6.45, 7) is 12.7. The van der Waals surface area contributed by atoms with Crippen LogP contribution in [0.15, 0.2) is 11.6 Å². The Morgan fingerprint density at radius 3 is 2.57 bits per heavy atom. The Balaban J connectivity index is 0.00000225. The maximum absolute atomic E-state index is 2.72. The monoisotopic (exact) mass is 458 g/mol. The van der Waals surface area contributed by atoms with Crippen LogP contribution >= 0.6 is 0 Å². The van der Waals surface area contributed by atoms with Gasteiger partial charge in [-0.05, 0) is 78.4 Å². The Labute approximate surface area is 201 Å². The zero-order chi connectivity index (χ0) is 19.2. The summed E-state index contributed by atoms with van der Waals surface area (Å²) in [6, 6.07) is 0. The van der Waals surface area contributed by atoms with Crippen LogP contribution in [0.25, 0.3) is 0 Å². The summed E-state index contributed by atoms with van der Waals surface area (Å²) in [5, 5.41) is 0. The van der Waals surface area contributed by atoms with Crippen molar-refractivity contribution in [2.75, 3.05) is 0 Å². The normalized spacial score (nSPS) is 43.4. The molecular formula is C27H45Y-. The van der Waals surface area contributed by atoms with Gasteiger partial charge in [-0.3, -0.25) is 0 Å². The molecule has 3 fully saturated rings. The van der Waals surface area contributed by atoms with Gasteiger partial charge in [0.05, 0.1) is 0 Å². The van der Waals surface area contributed by atoms with Crippen molar-refractivity contribution >= 4 is 0 Å². The minimum atomic E-state index is 0. The molecule has 0 aromatic heterocycles. The van der Waals surface area contributed by atoms with E-state index in [-0.39, 0.29) is 32.7 Å². The third kappa shape index (κ3) is 4.01. The fraction of sp³-hybridized carbons (Fsp3) is 0.889. The van der Waals surface area contributed by atoms with Crippen molar-refractivity contribution in [1.82, 2.24) is 0 Å². The van der Waals surface area contributed by atoms with Gasteiger partial charge in [-0.2, -0.15) is 12.8 Å². The van der Waals surface area contributed by atoms with Crippen LogP contribution in [-0.2, 0) is 32.7 Å². The van der Waals surface area contributed by atoms with E-state index in [4.69, 9.17) is 0 Å². The zero-order valence-electron chi connectivity index (χ0n) is 19.5. The van der Waals surface area contributed by atoms with Crippen molar-refractivity contribution in [1.29, 1.82) is 0 Å². The minimum absolute atomic E-state index is 0. The van der Waals surface area contributed by atoms with Gasteiger partial charge in [-0.25, -0.2) is 0 Å². The van der Waals surface area contributed by atoms with Crippen LogP contribution in [-0.4, -0.2) is 0 Å². The maximum atomic E-state index is 2.72. The van der Waals surface area contributed by atoms with Gasteiger partial charge in [0.1, 0.15) is 0 Å². The van der Waals surface area contributed by atoms with Crippen LogP contribution in [0.4, 0.5) is 0 Å². The SMILES string of the molecule is CC(C)CCC[C@@H](C)[C@H]1CC[C@H]2[C@@H]3CC=C4C[CH-]CC[C@]4(C)[C@H]3CC[C@]12C.[Y]. The number of allylic oxidation sites excluding steroid dienone is 2. The minimum Gasteiger partial charge on any atom is -0.325 e. The van der Waals surface area contributed by atoms with Crippen LogP contribution in [0.2, 0.25) is 0 Å². The fourth-order valence-electron chi connectivity index (χ4n) is 8.50. The summed E-state index contributed by atoms with van der Waals surface area (Å²) in [6.07, 6.45) is 21.2. The Morgan fingerprint density at radius 2 is 1.82 bits per heavy atom. The molecule has 0 aromatic rings. The molecule has 4 aliphatic rings. The van der Waals surface area contributed by atoms with Crippen LogP contribution in [0, 0.1) is 52.8 Å². The molecule has 3 saturated carbocycles. The largest absolute Gasteiger partial charge is 0.325 e. The Bertz CT molecular complexity index is 563. The first-order chi connectivity index (χ1) is 12.9. The van der Waals surface area contributed by atoms with Gasteiger partial charge < -0.3 is 6.42 Å². The van der Waals surface area contributed by atoms with E-state index in [1.165, 1.54) is 70.6 Å². The van der Waals surface area contributed by atoms with Crippen LogP contribution in [0.3, 0.4) is 0 Å². The number of hydrogen-bond acceptors (Lipinski definition) is 0. The van der Waals surface area contributed by atoms with E-state index < -0.39 is 0 Å². The molecule has 0 spiro atoms. The van der Waals surface area contributed by atoms with Crippen molar-refractivity contribution in [2.45, 2.75) is 105 Å². The molecule has 0 nitrogen and oxygen atoms in total. The van der Waals surface area contributed by atoms with Gasteiger partial charge in [0, 0.05) is 32.7 Å². The molecule has 0 heterocycles. The number of hydrogen-bond donors (Lipinski definition) is 0. The first-order valence-electron chi connectivity index (χ1n) is 12.4. The molecule has 0 saturated heterocycles. The van der Waals surface area contributed by atoms with Gasteiger partial charge in [0.25, 0.3) is 0 Å². The number of rotatable bonds is 5. The third-order valence-electron chi connectivity index (χ3n) is 10.1. The molecule has 28 heavy (non-hydrogen) atoms.